The molecule has 5 rings (SSSR count). The number of rotatable bonds is 5. The molecule has 0 radical (unpaired) electrons. The molecule has 3 atom stereocenters. The van der Waals surface area contributed by atoms with Gasteiger partial charge in [-0.2, -0.15) is 0 Å². The molecular formula is C24H22ClN3O4. The highest BCUT2D eigenvalue weighted by Crippen LogP contribution is 2.47. The Bertz CT molecular complexity index is 1130. The maximum absolute atomic E-state index is 12.8. The molecule has 3 aliphatic rings. The topological polar surface area (TPSA) is 95.6 Å². The lowest BCUT2D eigenvalue weighted by atomic mass is 10.0. The van der Waals surface area contributed by atoms with Crippen LogP contribution in [-0.2, 0) is 27.5 Å². The Morgan fingerprint density at radius 3 is 2.66 bits per heavy atom. The normalized spacial score (nSPS) is 24.2. The third-order valence-corrected chi connectivity index (χ3v) is 6.73. The zero-order valence-electron chi connectivity index (χ0n) is 17.3. The van der Waals surface area contributed by atoms with Crippen molar-refractivity contribution in [3.8, 4) is 0 Å². The van der Waals surface area contributed by atoms with Gasteiger partial charge in [0.05, 0.1) is 0 Å². The van der Waals surface area contributed by atoms with Crippen LogP contribution in [0.2, 0.25) is 5.02 Å². The fraction of sp³-hybridized carbons (Fsp3) is 0.333. The van der Waals surface area contributed by atoms with E-state index in [0.29, 0.717) is 30.1 Å². The van der Waals surface area contributed by atoms with Crippen LogP contribution in [0.5, 0.6) is 0 Å². The van der Waals surface area contributed by atoms with Gasteiger partial charge in [0.25, 0.3) is 5.91 Å². The molecule has 0 aromatic heterocycles. The lowest BCUT2D eigenvalue weighted by molar-refractivity contribution is -0.137. The zero-order valence-corrected chi connectivity index (χ0v) is 18.0. The van der Waals surface area contributed by atoms with Crippen LogP contribution in [0.3, 0.4) is 0 Å². The van der Waals surface area contributed by atoms with E-state index in [4.69, 9.17) is 11.6 Å². The summed E-state index contributed by atoms with van der Waals surface area (Å²) in [4.78, 5) is 50.4. The van der Waals surface area contributed by atoms with Gasteiger partial charge in [-0.3, -0.25) is 24.5 Å². The van der Waals surface area contributed by atoms with E-state index >= 15 is 0 Å². The summed E-state index contributed by atoms with van der Waals surface area (Å²) in [6.45, 7) is 0.700. The lowest BCUT2D eigenvalue weighted by Crippen LogP contribution is -2.52. The number of carbonyl (C=O) groups excluding carboxylic acids is 4. The van der Waals surface area contributed by atoms with Crippen molar-refractivity contribution in [2.75, 3.05) is 0 Å². The highest BCUT2D eigenvalue weighted by atomic mass is 35.5. The minimum Gasteiger partial charge on any atom is -0.352 e. The van der Waals surface area contributed by atoms with Crippen LogP contribution in [-0.4, -0.2) is 34.6 Å². The monoisotopic (exact) mass is 451 g/mol. The molecule has 32 heavy (non-hydrogen) atoms. The van der Waals surface area contributed by atoms with Crippen molar-refractivity contribution >= 4 is 35.2 Å². The average molecular weight is 452 g/mol. The van der Waals surface area contributed by atoms with Gasteiger partial charge in [0.15, 0.2) is 0 Å². The van der Waals surface area contributed by atoms with Crippen molar-refractivity contribution < 1.29 is 19.2 Å². The molecule has 2 aromatic rings. The molecule has 1 saturated heterocycles. The quantitative estimate of drug-likeness (QED) is 0.683. The van der Waals surface area contributed by atoms with Crippen molar-refractivity contribution in [2.24, 2.45) is 5.92 Å². The van der Waals surface area contributed by atoms with Crippen molar-refractivity contribution in [3.05, 3.63) is 69.7 Å². The molecule has 2 N–H and O–H groups in total. The second-order valence-corrected chi connectivity index (χ2v) is 9.05. The van der Waals surface area contributed by atoms with E-state index in [2.05, 4.69) is 10.6 Å². The van der Waals surface area contributed by atoms with Crippen molar-refractivity contribution in [2.45, 2.75) is 44.3 Å². The first kappa shape index (κ1) is 20.7. The largest absolute Gasteiger partial charge is 0.352 e. The number of benzene rings is 2. The fourth-order valence-electron chi connectivity index (χ4n) is 4.62. The summed E-state index contributed by atoms with van der Waals surface area (Å²) in [5, 5.41) is 5.98. The van der Waals surface area contributed by atoms with E-state index in [-0.39, 0.29) is 36.0 Å². The third-order valence-electron chi connectivity index (χ3n) is 6.48. The van der Waals surface area contributed by atoms with Gasteiger partial charge in [-0.1, -0.05) is 35.9 Å². The van der Waals surface area contributed by atoms with Crippen LogP contribution < -0.4 is 10.6 Å². The van der Waals surface area contributed by atoms with Gasteiger partial charge < -0.3 is 10.2 Å². The van der Waals surface area contributed by atoms with Crippen LogP contribution in [0.1, 0.15) is 52.2 Å². The number of imide groups is 1. The Kier molecular flexibility index (Phi) is 5.21. The first-order valence-corrected chi connectivity index (χ1v) is 11.1. The second kappa shape index (κ2) is 8.06. The van der Waals surface area contributed by atoms with E-state index in [9.17, 15) is 19.2 Å². The first-order chi connectivity index (χ1) is 15.4. The van der Waals surface area contributed by atoms with Gasteiger partial charge in [-0.05, 0) is 53.6 Å². The number of hydrogen-bond acceptors (Lipinski definition) is 4. The van der Waals surface area contributed by atoms with Crippen LogP contribution in [0.25, 0.3) is 0 Å². The van der Waals surface area contributed by atoms with Gasteiger partial charge in [0.1, 0.15) is 6.04 Å². The second-order valence-electron chi connectivity index (χ2n) is 8.61. The zero-order chi connectivity index (χ0) is 22.4. The predicted molar refractivity (Wildman–Crippen MR) is 117 cm³/mol. The number of amides is 4. The van der Waals surface area contributed by atoms with Crippen molar-refractivity contribution in [1.29, 1.82) is 0 Å². The number of nitrogens with zero attached hydrogens (tertiary/aromatic N) is 1. The number of halogens is 1. The fourth-order valence-corrected chi connectivity index (χ4v) is 4.75. The number of carbonyl (C=O) groups is 4. The first-order valence-electron chi connectivity index (χ1n) is 10.7. The average Bonchev–Trinajstić information content (AvgIpc) is 3.51. The lowest BCUT2D eigenvalue weighted by Gasteiger charge is -2.29. The number of hydrogen-bond donors (Lipinski definition) is 2. The number of fused-ring (bicyclic) bond motifs is 1. The van der Waals surface area contributed by atoms with E-state index in [1.165, 1.54) is 4.90 Å². The summed E-state index contributed by atoms with van der Waals surface area (Å²) in [5.41, 5.74) is 3.42. The smallest absolute Gasteiger partial charge is 0.255 e. The van der Waals surface area contributed by atoms with Gasteiger partial charge in [-0.15, -0.1) is 0 Å². The van der Waals surface area contributed by atoms with Gasteiger partial charge in [-0.25, -0.2) is 0 Å². The SMILES string of the molecule is O=C1CCC(N2Cc3cc(CNC(=O)[C@@H]4C[C@H]4c4ccc(Cl)cc4)ccc3C2=O)C(=O)N1. The Morgan fingerprint density at radius 2 is 1.91 bits per heavy atom. The number of nitrogens with one attached hydrogen (secondary N) is 2. The van der Waals surface area contributed by atoms with Crippen molar-refractivity contribution in [3.63, 3.8) is 0 Å². The highest BCUT2D eigenvalue weighted by molar-refractivity contribution is 6.30. The predicted octanol–water partition coefficient (Wildman–Crippen LogP) is 2.52. The standard InChI is InChI=1S/C24H22ClN3O4/c25-16-4-2-14(3-5-16)18-10-19(18)22(30)26-11-13-1-6-17-15(9-13)12-28(24(17)32)20-7-8-21(29)27-23(20)31/h1-6,9,18-20H,7-8,10-12H2,(H,26,30)(H,27,29,31)/t18-,19+,20?/m0/s1. The molecule has 2 fully saturated rings. The summed E-state index contributed by atoms with van der Waals surface area (Å²) in [6.07, 6.45) is 1.39. The Morgan fingerprint density at radius 1 is 1.12 bits per heavy atom. The molecule has 2 aromatic carbocycles. The molecule has 8 heteroatoms. The molecule has 1 saturated carbocycles. The molecule has 4 amide bonds. The molecule has 164 valence electrons. The summed E-state index contributed by atoms with van der Waals surface area (Å²) in [6, 6.07) is 12.5. The van der Waals surface area contributed by atoms with E-state index < -0.39 is 11.9 Å². The van der Waals surface area contributed by atoms with Crippen LogP contribution in [0, 0.1) is 5.92 Å². The molecule has 2 aliphatic heterocycles. The van der Waals surface area contributed by atoms with E-state index in [1.807, 2.05) is 36.4 Å². The summed E-state index contributed by atoms with van der Waals surface area (Å²) < 4.78 is 0. The van der Waals surface area contributed by atoms with Crippen LogP contribution in [0.15, 0.2) is 42.5 Å². The molecule has 0 spiro atoms. The molecule has 1 aliphatic carbocycles. The molecule has 2 heterocycles. The molecule has 7 nitrogen and oxygen atoms in total. The highest BCUT2D eigenvalue weighted by Gasteiger charge is 2.44. The van der Waals surface area contributed by atoms with E-state index in [0.717, 1.165) is 23.1 Å². The van der Waals surface area contributed by atoms with Gasteiger partial charge in [0.2, 0.25) is 17.7 Å². The Labute approximate surface area is 190 Å². The maximum atomic E-state index is 12.8. The summed E-state index contributed by atoms with van der Waals surface area (Å²) in [7, 11) is 0. The maximum Gasteiger partial charge on any atom is 0.255 e. The molecule has 1 unspecified atom stereocenters. The molecule has 0 bridgehead atoms. The Balaban J connectivity index is 1.19. The van der Waals surface area contributed by atoms with Gasteiger partial charge >= 0.3 is 0 Å². The van der Waals surface area contributed by atoms with Crippen LogP contribution in [0.4, 0.5) is 0 Å². The minimum absolute atomic E-state index is 0.0201. The molecular weight excluding hydrogens is 430 g/mol. The van der Waals surface area contributed by atoms with Crippen molar-refractivity contribution in [1.82, 2.24) is 15.5 Å². The summed E-state index contributed by atoms with van der Waals surface area (Å²) >= 11 is 5.93. The third kappa shape index (κ3) is 3.88. The van der Waals surface area contributed by atoms with E-state index in [1.54, 1.807) is 6.07 Å². The summed E-state index contributed by atoms with van der Waals surface area (Å²) in [5.74, 6) is -0.709. The minimum atomic E-state index is -0.629. The van der Waals surface area contributed by atoms with Crippen LogP contribution >= 0.6 is 11.6 Å². The number of piperidine rings is 1. The van der Waals surface area contributed by atoms with Gasteiger partial charge in [0, 0.05) is 36.0 Å². The Hall–Kier alpha value is -3.19.